The van der Waals surface area contributed by atoms with E-state index < -0.39 is 16.2 Å². The number of isocyanates is 1. The zero-order valence-corrected chi connectivity index (χ0v) is 13.3. The van der Waals surface area contributed by atoms with Gasteiger partial charge >= 0.3 is 0 Å². The van der Waals surface area contributed by atoms with E-state index in [0.717, 1.165) is 4.31 Å². The molecule has 1 aromatic carbocycles. The molecule has 1 aliphatic rings. The first-order valence-electron chi connectivity index (χ1n) is 5.58. The zero-order chi connectivity index (χ0) is 14.8. The van der Waals surface area contributed by atoms with Crippen LogP contribution in [0.2, 0.25) is 5.02 Å². The van der Waals surface area contributed by atoms with E-state index in [1.54, 1.807) is 0 Å². The molecule has 1 unspecified atom stereocenters. The SMILES string of the molecule is O=C=NC1COCCN1S(=O)(=O)c1ccc(Cl)c(Br)c1. The Bertz CT molecular complexity index is 660. The number of halogens is 2. The van der Waals surface area contributed by atoms with Gasteiger partial charge in [0.25, 0.3) is 0 Å². The summed E-state index contributed by atoms with van der Waals surface area (Å²) in [6.45, 7) is 0.403. The molecule has 108 valence electrons. The molecule has 1 aromatic rings. The number of carbonyl (C=O) groups excluding carboxylic acids is 1. The quantitative estimate of drug-likeness (QED) is 0.591. The lowest BCUT2D eigenvalue weighted by Crippen LogP contribution is -2.47. The van der Waals surface area contributed by atoms with Crippen LogP contribution in [0.4, 0.5) is 0 Å². The number of benzene rings is 1. The maximum absolute atomic E-state index is 12.6. The molecule has 0 spiro atoms. The molecule has 1 heterocycles. The summed E-state index contributed by atoms with van der Waals surface area (Å²) >= 11 is 9.03. The first-order chi connectivity index (χ1) is 9.46. The van der Waals surface area contributed by atoms with E-state index in [0.29, 0.717) is 9.50 Å². The van der Waals surface area contributed by atoms with Crippen molar-refractivity contribution in [1.29, 1.82) is 0 Å². The average molecular weight is 382 g/mol. The van der Waals surface area contributed by atoms with Crippen LogP contribution in [-0.2, 0) is 19.6 Å². The lowest BCUT2D eigenvalue weighted by molar-refractivity contribution is 0.0359. The van der Waals surface area contributed by atoms with Gasteiger partial charge in [-0.3, -0.25) is 0 Å². The number of hydrogen-bond donors (Lipinski definition) is 0. The van der Waals surface area contributed by atoms with Crippen molar-refractivity contribution in [3.05, 3.63) is 27.7 Å². The average Bonchev–Trinajstić information content (AvgIpc) is 2.42. The first-order valence-corrected chi connectivity index (χ1v) is 8.19. The van der Waals surface area contributed by atoms with Gasteiger partial charge in [-0.2, -0.15) is 9.30 Å². The molecular weight excluding hydrogens is 372 g/mol. The Kier molecular flexibility index (Phi) is 4.95. The van der Waals surface area contributed by atoms with Crippen LogP contribution in [0, 0.1) is 0 Å². The molecule has 1 aliphatic heterocycles. The van der Waals surface area contributed by atoms with Gasteiger partial charge in [-0.25, -0.2) is 13.2 Å². The van der Waals surface area contributed by atoms with E-state index in [9.17, 15) is 13.2 Å². The third kappa shape index (κ3) is 3.11. The highest BCUT2D eigenvalue weighted by atomic mass is 79.9. The zero-order valence-electron chi connectivity index (χ0n) is 10.1. The standard InChI is InChI=1S/C11H10BrClN2O4S/c12-9-5-8(1-2-10(9)13)20(17,18)15-3-4-19-6-11(15)14-7-16/h1-2,5,11H,3-4,6H2. The molecule has 1 atom stereocenters. The number of aliphatic imine (C=N–C) groups is 1. The van der Waals surface area contributed by atoms with Gasteiger partial charge in [0.15, 0.2) is 6.17 Å². The molecule has 0 aliphatic carbocycles. The Morgan fingerprint density at radius 2 is 2.25 bits per heavy atom. The van der Waals surface area contributed by atoms with Crippen LogP contribution in [0.25, 0.3) is 0 Å². The van der Waals surface area contributed by atoms with Crippen LogP contribution < -0.4 is 0 Å². The van der Waals surface area contributed by atoms with Gasteiger partial charge in [-0.1, -0.05) is 11.6 Å². The van der Waals surface area contributed by atoms with Crippen molar-refractivity contribution in [3.63, 3.8) is 0 Å². The Hall–Kier alpha value is -0.760. The summed E-state index contributed by atoms with van der Waals surface area (Å²) in [5, 5.41) is 0.411. The molecular formula is C11H10BrClN2O4S. The molecule has 1 fully saturated rings. The van der Waals surface area contributed by atoms with Crippen LogP contribution in [0.3, 0.4) is 0 Å². The van der Waals surface area contributed by atoms with E-state index in [-0.39, 0.29) is 24.7 Å². The van der Waals surface area contributed by atoms with Gasteiger partial charge in [0, 0.05) is 11.0 Å². The van der Waals surface area contributed by atoms with E-state index in [4.69, 9.17) is 16.3 Å². The van der Waals surface area contributed by atoms with Gasteiger partial charge in [0.05, 0.1) is 23.1 Å². The van der Waals surface area contributed by atoms with Crippen LogP contribution in [0.1, 0.15) is 0 Å². The highest BCUT2D eigenvalue weighted by molar-refractivity contribution is 9.10. The summed E-state index contributed by atoms with van der Waals surface area (Å²) in [5.74, 6) is 0. The van der Waals surface area contributed by atoms with E-state index in [1.165, 1.54) is 24.3 Å². The highest BCUT2D eigenvalue weighted by Crippen LogP contribution is 2.28. The number of nitrogens with zero attached hydrogens (tertiary/aromatic N) is 2. The van der Waals surface area contributed by atoms with Crippen LogP contribution in [0.15, 0.2) is 32.6 Å². The van der Waals surface area contributed by atoms with Crippen molar-refractivity contribution in [1.82, 2.24) is 4.31 Å². The molecule has 20 heavy (non-hydrogen) atoms. The smallest absolute Gasteiger partial charge is 0.245 e. The van der Waals surface area contributed by atoms with E-state index in [1.807, 2.05) is 0 Å². The second-order valence-corrected chi connectivity index (χ2v) is 7.12. The Morgan fingerprint density at radius 1 is 1.50 bits per heavy atom. The Morgan fingerprint density at radius 3 is 2.90 bits per heavy atom. The molecule has 0 radical (unpaired) electrons. The van der Waals surface area contributed by atoms with Crippen LogP contribution in [0.5, 0.6) is 0 Å². The number of morpholine rings is 1. The van der Waals surface area contributed by atoms with Gasteiger partial charge in [0.1, 0.15) is 0 Å². The van der Waals surface area contributed by atoms with Crippen molar-refractivity contribution in [2.45, 2.75) is 11.1 Å². The molecule has 6 nitrogen and oxygen atoms in total. The molecule has 9 heteroatoms. The number of hydrogen-bond acceptors (Lipinski definition) is 5. The van der Waals surface area contributed by atoms with E-state index >= 15 is 0 Å². The third-order valence-electron chi connectivity index (χ3n) is 2.75. The first kappa shape index (κ1) is 15.6. The van der Waals surface area contributed by atoms with Crippen molar-refractivity contribution in [3.8, 4) is 0 Å². The topological polar surface area (TPSA) is 76.0 Å². The minimum Gasteiger partial charge on any atom is -0.376 e. The molecule has 0 N–H and O–H groups in total. The number of ether oxygens (including phenoxy) is 1. The predicted octanol–water partition coefficient (Wildman–Crippen LogP) is 1.79. The van der Waals surface area contributed by atoms with Gasteiger partial charge in [-0.05, 0) is 34.1 Å². The maximum Gasteiger partial charge on any atom is 0.245 e. The van der Waals surface area contributed by atoms with Gasteiger partial charge < -0.3 is 4.74 Å². The second kappa shape index (κ2) is 6.34. The summed E-state index contributed by atoms with van der Waals surface area (Å²) in [6.07, 6.45) is 0.482. The summed E-state index contributed by atoms with van der Waals surface area (Å²) in [5.41, 5.74) is 0. The lowest BCUT2D eigenvalue weighted by Gasteiger charge is -2.31. The third-order valence-corrected chi connectivity index (χ3v) is 5.86. The Balaban J connectivity index is 2.41. The molecule has 0 aromatic heterocycles. The molecule has 0 saturated carbocycles. The minimum absolute atomic E-state index is 0.0310. The molecule has 0 amide bonds. The minimum atomic E-state index is -3.78. The fourth-order valence-electron chi connectivity index (χ4n) is 1.79. The van der Waals surface area contributed by atoms with Gasteiger partial charge in [-0.15, -0.1) is 0 Å². The van der Waals surface area contributed by atoms with Crippen molar-refractivity contribution >= 4 is 43.6 Å². The molecule has 2 rings (SSSR count). The summed E-state index contributed by atoms with van der Waals surface area (Å²) in [6, 6.07) is 4.30. The normalized spacial score (nSPS) is 20.4. The summed E-state index contributed by atoms with van der Waals surface area (Å²) in [4.78, 5) is 13.9. The second-order valence-electron chi connectivity index (χ2n) is 3.97. The fourth-order valence-corrected chi connectivity index (χ4v) is 3.96. The fraction of sp³-hybridized carbons (Fsp3) is 0.364. The summed E-state index contributed by atoms with van der Waals surface area (Å²) in [7, 11) is -3.78. The van der Waals surface area contributed by atoms with E-state index in [2.05, 4.69) is 20.9 Å². The molecule has 1 saturated heterocycles. The number of rotatable bonds is 3. The van der Waals surface area contributed by atoms with Crippen molar-refractivity contribution in [2.75, 3.05) is 19.8 Å². The monoisotopic (exact) mass is 380 g/mol. The van der Waals surface area contributed by atoms with Crippen molar-refractivity contribution in [2.24, 2.45) is 4.99 Å². The van der Waals surface area contributed by atoms with Crippen LogP contribution >= 0.6 is 27.5 Å². The largest absolute Gasteiger partial charge is 0.376 e. The number of sulfonamides is 1. The van der Waals surface area contributed by atoms with Crippen LogP contribution in [-0.4, -0.2) is 44.7 Å². The lowest BCUT2D eigenvalue weighted by atomic mass is 10.4. The Labute approximate surface area is 129 Å². The maximum atomic E-state index is 12.6. The highest BCUT2D eigenvalue weighted by Gasteiger charge is 2.34. The van der Waals surface area contributed by atoms with Gasteiger partial charge in [0.2, 0.25) is 16.1 Å². The van der Waals surface area contributed by atoms with Crippen molar-refractivity contribution < 1.29 is 17.9 Å². The summed E-state index contributed by atoms with van der Waals surface area (Å²) < 4.78 is 31.8. The molecule has 0 bridgehead atoms. The predicted molar refractivity (Wildman–Crippen MR) is 75.8 cm³/mol.